The number of carbonyl (C=O) groups is 1. The second kappa shape index (κ2) is 9.37. The molecule has 0 saturated carbocycles. The summed E-state index contributed by atoms with van der Waals surface area (Å²) in [4.78, 5) is 18.6. The van der Waals surface area contributed by atoms with Crippen molar-refractivity contribution in [1.29, 1.82) is 0 Å². The van der Waals surface area contributed by atoms with Gasteiger partial charge in [0.05, 0.1) is 5.69 Å². The number of nitrogens with zero attached hydrogens (tertiary/aromatic N) is 2. The van der Waals surface area contributed by atoms with Crippen LogP contribution in [-0.2, 0) is 0 Å². The van der Waals surface area contributed by atoms with Crippen LogP contribution in [0.1, 0.15) is 33.1 Å². The summed E-state index contributed by atoms with van der Waals surface area (Å²) in [6, 6.07) is 11.3. The first-order valence-electron chi connectivity index (χ1n) is 9.83. The summed E-state index contributed by atoms with van der Waals surface area (Å²) in [6.45, 7) is 4.18. The highest BCUT2D eigenvalue weighted by atomic mass is 19.1. The fourth-order valence-corrected chi connectivity index (χ4v) is 3.11. The number of amides is 2. The first-order valence-corrected chi connectivity index (χ1v) is 9.83. The van der Waals surface area contributed by atoms with Gasteiger partial charge in [-0.15, -0.1) is 0 Å². The van der Waals surface area contributed by atoms with Gasteiger partial charge in [-0.3, -0.25) is 4.98 Å². The van der Waals surface area contributed by atoms with Gasteiger partial charge in [-0.1, -0.05) is 25.8 Å². The van der Waals surface area contributed by atoms with E-state index in [0.717, 1.165) is 30.0 Å². The average Bonchev–Trinajstić information content (AvgIpc) is 2.73. The van der Waals surface area contributed by atoms with Crippen molar-refractivity contribution in [3.05, 3.63) is 60.7 Å². The molecular formula is C23H26FN3O2. The van der Waals surface area contributed by atoms with Crippen LogP contribution in [-0.4, -0.2) is 29.0 Å². The van der Waals surface area contributed by atoms with Gasteiger partial charge in [0.25, 0.3) is 0 Å². The first-order chi connectivity index (χ1) is 14.0. The highest BCUT2D eigenvalue weighted by Gasteiger charge is 2.17. The number of anilines is 1. The third-order valence-electron chi connectivity index (χ3n) is 5.00. The number of pyridine rings is 1. The number of rotatable bonds is 7. The Morgan fingerprint density at radius 2 is 2.07 bits per heavy atom. The fraction of sp³-hybridized carbons (Fsp3) is 0.304. The largest absolute Gasteiger partial charge is 0.457 e. The molecule has 1 aromatic heterocycles. The molecule has 0 aliphatic heterocycles. The molecule has 0 spiro atoms. The molecule has 1 N–H and O–H groups in total. The molecule has 0 aliphatic carbocycles. The highest BCUT2D eigenvalue weighted by molar-refractivity contribution is 6.03. The third-order valence-corrected chi connectivity index (χ3v) is 5.00. The van der Waals surface area contributed by atoms with Gasteiger partial charge < -0.3 is 15.0 Å². The SMILES string of the molecule is CCCCC(C)N(C)C(=O)Nc1ccc(Oc2cccc(F)c2)c2ccncc12. The van der Waals surface area contributed by atoms with Crippen molar-refractivity contribution in [2.75, 3.05) is 12.4 Å². The Bertz CT molecular complexity index is 993. The van der Waals surface area contributed by atoms with E-state index in [1.165, 1.54) is 12.1 Å². The minimum absolute atomic E-state index is 0.148. The maximum absolute atomic E-state index is 13.5. The first kappa shape index (κ1) is 20.6. The summed E-state index contributed by atoms with van der Waals surface area (Å²) in [6.07, 6.45) is 6.49. The number of hydrogen-bond donors (Lipinski definition) is 1. The molecule has 1 atom stereocenters. The maximum atomic E-state index is 13.5. The number of unbranched alkanes of at least 4 members (excludes halogenated alkanes) is 1. The van der Waals surface area contributed by atoms with Crippen molar-refractivity contribution in [2.45, 2.75) is 39.2 Å². The van der Waals surface area contributed by atoms with E-state index in [9.17, 15) is 9.18 Å². The Morgan fingerprint density at radius 1 is 1.24 bits per heavy atom. The summed E-state index contributed by atoms with van der Waals surface area (Å²) < 4.78 is 19.3. The standard InChI is InChI=1S/C23H26FN3O2/c1-4-5-7-16(2)27(3)23(28)26-21-10-11-22(19-12-13-25-15-20(19)21)29-18-9-6-8-17(24)14-18/h6,8-16H,4-5,7H2,1-3H3,(H,26,28). The molecule has 0 saturated heterocycles. The normalized spacial score (nSPS) is 11.9. The molecule has 0 bridgehead atoms. The number of nitrogens with one attached hydrogen (secondary N) is 1. The van der Waals surface area contributed by atoms with Crippen LogP contribution in [0.15, 0.2) is 54.9 Å². The number of halogens is 1. The van der Waals surface area contributed by atoms with E-state index >= 15 is 0 Å². The minimum Gasteiger partial charge on any atom is -0.457 e. The van der Waals surface area contributed by atoms with Crippen LogP contribution in [0.5, 0.6) is 11.5 Å². The van der Waals surface area contributed by atoms with Crippen molar-refractivity contribution in [3.8, 4) is 11.5 Å². The lowest BCUT2D eigenvalue weighted by atomic mass is 10.1. The number of urea groups is 1. The summed E-state index contributed by atoms with van der Waals surface area (Å²) in [5.74, 6) is 0.609. The second-order valence-corrected chi connectivity index (χ2v) is 7.12. The van der Waals surface area contributed by atoms with Crippen molar-refractivity contribution in [1.82, 2.24) is 9.88 Å². The number of fused-ring (bicyclic) bond motifs is 1. The minimum atomic E-state index is -0.363. The fourth-order valence-electron chi connectivity index (χ4n) is 3.11. The molecule has 2 amide bonds. The van der Waals surface area contributed by atoms with Gasteiger partial charge in [0.2, 0.25) is 0 Å². The van der Waals surface area contributed by atoms with Crippen LogP contribution in [0.4, 0.5) is 14.9 Å². The molecule has 0 aliphatic rings. The van der Waals surface area contributed by atoms with E-state index in [0.29, 0.717) is 17.2 Å². The zero-order valence-electron chi connectivity index (χ0n) is 17.0. The zero-order chi connectivity index (χ0) is 20.8. The van der Waals surface area contributed by atoms with E-state index in [4.69, 9.17) is 4.74 Å². The topological polar surface area (TPSA) is 54.5 Å². The van der Waals surface area contributed by atoms with Crippen molar-refractivity contribution < 1.29 is 13.9 Å². The average molecular weight is 395 g/mol. The summed E-state index contributed by atoms with van der Waals surface area (Å²) in [7, 11) is 1.80. The third kappa shape index (κ3) is 5.02. The van der Waals surface area contributed by atoms with Gasteiger partial charge in [0.15, 0.2) is 0 Å². The van der Waals surface area contributed by atoms with Crippen LogP contribution < -0.4 is 10.1 Å². The molecule has 152 valence electrons. The van der Waals surface area contributed by atoms with E-state index in [-0.39, 0.29) is 17.9 Å². The van der Waals surface area contributed by atoms with Crippen molar-refractivity contribution >= 4 is 22.5 Å². The predicted molar refractivity (Wildman–Crippen MR) is 114 cm³/mol. The van der Waals surface area contributed by atoms with Gasteiger partial charge in [0.1, 0.15) is 17.3 Å². The lowest BCUT2D eigenvalue weighted by molar-refractivity contribution is 0.204. The number of benzene rings is 2. The smallest absolute Gasteiger partial charge is 0.321 e. The summed E-state index contributed by atoms with van der Waals surface area (Å²) in [5.41, 5.74) is 0.652. The molecule has 3 aromatic rings. The zero-order valence-corrected chi connectivity index (χ0v) is 17.0. The van der Waals surface area contributed by atoms with Crippen LogP contribution in [0.2, 0.25) is 0 Å². The highest BCUT2D eigenvalue weighted by Crippen LogP contribution is 2.34. The number of carbonyl (C=O) groups excluding carboxylic acids is 1. The Morgan fingerprint density at radius 3 is 2.83 bits per heavy atom. The molecule has 0 fully saturated rings. The predicted octanol–water partition coefficient (Wildman–Crippen LogP) is 6.21. The lowest BCUT2D eigenvalue weighted by Crippen LogP contribution is -2.38. The summed E-state index contributed by atoms with van der Waals surface area (Å²) in [5, 5.41) is 4.51. The molecule has 1 heterocycles. The quantitative estimate of drug-likeness (QED) is 0.517. The van der Waals surface area contributed by atoms with Crippen molar-refractivity contribution in [2.24, 2.45) is 0 Å². The van der Waals surface area contributed by atoms with Gasteiger partial charge in [0, 0.05) is 42.3 Å². The van der Waals surface area contributed by atoms with Gasteiger partial charge in [-0.2, -0.15) is 0 Å². The van der Waals surface area contributed by atoms with Gasteiger partial charge >= 0.3 is 6.03 Å². The molecular weight excluding hydrogens is 369 g/mol. The van der Waals surface area contributed by atoms with Crippen LogP contribution in [0.3, 0.4) is 0 Å². The molecule has 6 heteroatoms. The molecule has 29 heavy (non-hydrogen) atoms. The van der Waals surface area contributed by atoms with E-state index in [2.05, 4.69) is 17.2 Å². The Balaban J connectivity index is 1.84. The number of hydrogen-bond acceptors (Lipinski definition) is 3. The van der Waals surface area contributed by atoms with Crippen LogP contribution in [0, 0.1) is 5.82 Å². The number of aromatic nitrogens is 1. The van der Waals surface area contributed by atoms with Gasteiger partial charge in [-0.05, 0) is 43.7 Å². The maximum Gasteiger partial charge on any atom is 0.321 e. The van der Waals surface area contributed by atoms with Crippen LogP contribution in [0.25, 0.3) is 10.8 Å². The Labute approximate surface area is 170 Å². The molecule has 2 aromatic carbocycles. The molecule has 5 nitrogen and oxygen atoms in total. The second-order valence-electron chi connectivity index (χ2n) is 7.12. The summed E-state index contributed by atoms with van der Waals surface area (Å²) >= 11 is 0. The van der Waals surface area contributed by atoms with E-state index in [1.54, 1.807) is 48.6 Å². The molecule has 1 unspecified atom stereocenters. The lowest BCUT2D eigenvalue weighted by Gasteiger charge is -2.25. The van der Waals surface area contributed by atoms with Crippen LogP contribution >= 0.6 is 0 Å². The van der Waals surface area contributed by atoms with E-state index < -0.39 is 0 Å². The van der Waals surface area contributed by atoms with Crippen molar-refractivity contribution in [3.63, 3.8) is 0 Å². The van der Waals surface area contributed by atoms with E-state index in [1.807, 2.05) is 13.0 Å². The Hall–Kier alpha value is -3.15. The molecule has 3 rings (SSSR count). The monoisotopic (exact) mass is 395 g/mol. The number of ether oxygens (including phenoxy) is 1. The molecule has 0 radical (unpaired) electrons. The van der Waals surface area contributed by atoms with Gasteiger partial charge in [-0.25, -0.2) is 9.18 Å². The Kier molecular flexibility index (Phi) is 6.65.